The number of nitrogens with zero attached hydrogens (tertiary/aromatic N) is 2. The Bertz CT molecular complexity index is 1080. The quantitative estimate of drug-likeness (QED) is 0.600. The van der Waals surface area contributed by atoms with Crippen LogP contribution >= 0.6 is 0 Å². The molecule has 9 heteroatoms. The minimum atomic E-state index is -0.415. The Kier molecular flexibility index (Phi) is 6.53. The van der Waals surface area contributed by atoms with Crippen LogP contribution < -0.4 is 21.3 Å². The third-order valence-electron chi connectivity index (χ3n) is 5.89. The van der Waals surface area contributed by atoms with E-state index >= 15 is 0 Å². The first kappa shape index (κ1) is 21.6. The Balaban J connectivity index is 1.54. The van der Waals surface area contributed by atoms with Crippen LogP contribution in [0.5, 0.6) is 5.75 Å². The van der Waals surface area contributed by atoms with Crippen LogP contribution in [0.2, 0.25) is 0 Å². The summed E-state index contributed by atoms with van der Waals surface area (Å²) in [5.74, 6) is 0.327. The van der Waals surface area contributed by atoms with Gasteiger partial charge in [-0.3, -0.25) is 19.4 Å². The molecule has 1 aromatic heterocycles. The number of hydrogen-bond donors (Lipinski definition) is 3. The van der Waals surface area contributed by atoms with Crippen molar-refractivity contribution >= 4 is 17.8 Å². The van der Waals surface area contributed by atoms with Crippen molar-refractivity contribution < 1.29 is 14.3 Å². The molecule has 0 saturated carbocycles. The summed E-state index contributed by atoms with van der Waals surface area (Å²) >= 11 is 0. The Labute approximate surface area is 185 Å². The van der Waals surface area contributed by atoms with Gasteiger partial charge in [0.05, 0.1) is 12.5 Å². The van der Waals surface area contributed by atoms with Gasteiger partial charge in [0, 0.05) is 24.3 Å². The van der Waals surface area contributed by atoms with E-state index in [4.69, 9.17) is 10.5 Å². The van der Waals surface area contributed by atoms with Gasteiger partial charge >= 0.3 is 0 Å². The molecule has 2 aromatic rings. The summed E-state index contributed by atoms with van der Waals surface area (Å²) in [6, 6.07) is 7.26. The Morgan fingerprint density at radius 3 is 2.94 bits per heavy atom. The zero-order valence-corrected chi connectivity index (χ0v) is 17.8. The van der Waals surface area contributed by atoms with E-state index in [0.29, 0.717) is 25.1 Å². The summed E-state index contributed by atoms with van der Waals surface area (Å²) in [6.07, 6.45) is 8.20. The largest absolute Gasteiger partial charge is 0.483 e. The highest BCUT2D eigenvalue weighted by Gasteiger charge is 2.34. The maximum atomic E-state index is 13.1. The molecule has 32 heavy (non-hydrogen) atoms. The van der Waals surface area contributed by atoms with Gasteiger partial charge in [-0.2, -0.15) is 0 Å². The zero-order valence-electron chi connectivity index (χ0n) is 17.8. The van der Waals surface area contributed by atoms with Crippen LogP contribution in [-0.2, 0) is 22.4 Å². The van der Waals surface area contributed by atoms with E-state index in [9.17, 15) is 14.4 Å². The third kappa shape index (κ3) is 4.99. The van der Waals surface area contributed by atoms with E-state index in [0.717, 1.165) is 18.4 Å². The number of likely N-dealkylation sites (tertiary alicyclic amines) is 1. The summed E-state index contributed by atoms with van der Waals surface area (Å²) in [6.45, 7) is 0.494. The molecule has 4 N–H and O–H groups in total. The first-order chi connectivity index (χ1) is 15.5. The molecule has 1 saturated heterocycles. The third-order valence-corrected chi connectivity index (χ3v) is 5.89. The number of carbonyl (C=O) groups is 2. The van der Waals surface area contributed by atoms with E-state index in [2.05, 4.69) is 21.4 Å². The molecule has 2 atom stereocenters. The molecule has 1 aromatic carbocycles. The van der Waals surface area contributed by atoms with E-state index in [1.54, 1.807) is 4.90 Å². The molecule has 0 aliphatic carbocycles. The molecule has 0 radical (unpaired) electrons. The number of anilines is 1. The second-order valence-corrected chi connectivity index (χ2v) is 8.08. The molecule has 3 heterocycles. The number of amides is 2. The number of rotatable bonds is 2. The molecule has 1 fully saturated rings. The molecule has 9 nitrogen and oxygen atoms in total. The van der Waals surface area contributed by atoms with Crippen molar-refractivity contribution in [2.45, 2.75) is 44.2 Å². The van der Waals surface area contributed by atoms with Crippen LogP contribution in [0.4, 0.5) is 5.95 Å². The monoisotopic (exact) mass is 437 g/mol. The number of ether oxygens (including phenoxy) is 1. The van der Waals surface area contributed by atoms with Crippen molar-refractivity contribution in [2.24, 2.45) is 0 Å². The fourth-order valence-electron chi connectivity index (χ4n) is 4.30. The van der Waals surface area contributed by atoms with Crippen LogP contribution in [0.15, 0.2) is 47.4 Å². The molecule has 0 unspecified atom stereocenters. The van der Waals surface area contributed by atoms with Crippen molar-refractivity contribution in [3.8, 4) is 5.75 Å². The highest BCUT2D eigenvalue weighted by atomic mass is 16.5. The highest BCUT2D eigenvalue weighted by molar-refractivity contribution is 5.80. The Morgan fingerprint density at radius 2 is 2.09 bits per heavy atom. The number of benzene rings is 1. The first-order valence-corrected chi connectivity index (χ1v) is 10.8. The predicted octanol–water partition coefficient (Wildman–Crippen LogP) is 0.952. The molecule has 2 aliphatic rings. The fourth-order valence-corrected chi connectivity index (χ4v) is 4.30. The van der Waals surface area contributed by atoms with Gasteiger partial charge in [0.15, 0.2) is 12.6 Å². The average Bonchev–Trinajstić information content (AvgIpc) is 2.77. The van der Waals surface area contributed by atoms with E-state index in [-0.39, 0.29) is 48.4 Å². The number of allylic oxidation sites excluding steroid dienone is 1. The van der Waals surface area contributed by atoms with Gasteiger partial charge in [-0.15, -0.1) is 0 Å². The first-order valence-electron chi connectivity index (χ1n) is 10.8. The van der Waals surface area contributed by atoms with Crippen LogP contribution in [0, 0.1) is 0 Å². The van der Waals surface area contributed by atoms with Crippen molar-refractivity contribution in [2.75, 3.05) is 18.9 Å². The van der Waals surface area contributed by atoms with E-state index in [1.165, 1.54) is 6.20 Å². The SMILES string of the molecule is Nc1ncc(CC(=O)N2CCC[C@H]3NC(=O)COc4ccccc4C/C=C/C[C@H]32)c(=O)[nH]1. The number of carbonyl (C=O) groups excluding carboxylic acids is 2. The summed E-state index contributed by atoms with van der Waals surface area (Å²) in [5.41, 5.74) is 6.35. The van der Waals surface area contributed by atoms with Crippen molar-refractivity contribution in [3.05, 3.63) is 64.1 Å². The fraction of sp³-hybridized carbons (Fsp3) is 0.391. The molecule has 0 spiro atoms. The molecule has 0 bridgehead atoms. The number of fused-ring (bicyclic) bond motifs is 2. The number of piperidine rings is 1. The van der Waals surface area contributed by atoms with E-state index < -0.39 is 5.56 Å². The summed E-state index contributed by atoms with van der Waals surface area (Å²) in [5, 5.41) is 3.05. The van der Waals surface area contributed by atoms with Gasteiger partial charge in [0.2, 0.25) is 5.91 Å². The maximum Gasteiger partial charge on any atom is 0.258 e. The van der Waals surface area contributed by atoms with Crippen LogP contribution in [-0.4, -0.2) is 51.9 Å². The minimum Gasteiger partial charge on any atom is -0.483 e. The number of nitrogen functional groups attached to an aromatic ring is 1. The maximum absolute atomic E-state index is 13.1. The van der Waals surface area contributed by atoms with Crippen molar-refractivity contribution in [3.63, 3.8) is 0 Å². The number of aromatic amines is 1. The lowest BCUT2D eigenvalue weighted by molar-refractivity contribution is -0.136. The van der Waals surface area contributed by atoms with Gasteiger partial charge < -0.3 is 20.7 Å². The lowest BCUT2D eigenvalue weighted by atomic mass is 9.92. The second kappa shape index (κ2) is 9.67. The van der Waals surface area contributed by atoms with Crippen LogP contribution in [0.1, 0.15) is 30.4 Å². The van der Waals surface area contributed by atoms with Gasteiger partial charge in [-0.25, -0.2) is 4.98 Å². The topological polar surface area (TPSA) is 130 Å². The van der Waals surface area contributed by atoms with Gasteiger partial charge in [-0.05, 0) is 37.3 Å². The predicted molar refractivity (Wildman–Crippen MR) is 119 cm³/mol. The average molecular weight is 438 g/mol. The Hall–Kier alpha value is -3.62. The molecular formula is C23H27N5O4. The summed E-state index contributed by atoms with van der Waals surface area (Å²) in [7, 11) is 0. The van der Waals surface area contributed by atoms with E-state index in [1.807, 2.05) is 30.3 Å². The second-order valence-electron chi connectivity index (χ2n) is 8.08. The number of nitrogens with one attached hydrogen (secondary N) is 2. The normalized spacial score (nSPS) is 22.2. The van der Waals surface area contributed by atoms with Gasteiger partial charge in [0.25, 0.3) is 11.5 Å². The standard InChI is InChI=1S/C23H27N5O4/c24-23-25-13-16(22(31)27-23)12-21(30)28-11-5-8-17-18(28)9-3-1-6-15-7-2-4-10-19(15)32-14-20(29)26-17/h1-4,7,10,13,17-18H,5-6,8-9,11-12,14H2,(H,26,29)(H3,24,25,27,31)/b3-1+/t17-,18-/m1/s1. The van der Waals surface area contributed by atoms with Crippen LogP contribution in [0.25, 0.3) is 0 Å². The van der Waals surface area contributed by atoms with Gasteiger partial charge in [-0.1, -0.05) is 30.4 Å². The molecule has 4 rings (SSSR count). The number of H-pyrrole nitrogens is 1. The smallest absolute Gasteiger partial charge is 0.258 e. The lowest BCUT2D eigenvalue weighted by Crippen LogP contribution is -2.57. The molecule has 168 valence electrons. The summed E-state index contributed by atoms with van der Waals surface area (Å²) < 4.78 is 5.75. The van der Waals surface area contributed by atoms with Crippen molar-refractivity contribution in [1.29, 1.82) is 0 Å². The number of aromatic nitrogens is 2. The molecule has 2 amide bonds. The number of hydrogen-bond acceptors (Lipinski definition) is 6. The van der Waals surface area contributed by atoms with Gasteiger partial charge in [0.1, 0.15) is 5.75 Å². The zero-order chi connectivity index (χ0) is 22.5. The molecule has 2 aliphatic heterocycles. The minimum absolute atomic E-state index is 0.0141. The van der Waals surface area contributed by atoms with Crippen molar-refractivity contribution in [1.82, 2.24) is 20.2 Å². The highest BCUT2D eigenvalue weighted by Crippen LogP contribution is 2.24. The van der Waals surface area contributed by atoms with Crippen LogP contribution in [0.3, 0.4) is 0 Å². The number of nitrogens with two attached hydrogens (primary N) is 1. The number of para-hydroxylation sites is 1. The Morgan fingerprint density at radius 1 is 1.25 bits per heavy atom. The summed E-state index contributed by atoms with van der Waals surface area (Å²) in [4.78, 5) is 45.9. The molecular weight excluding hydrogens is 410 g/mol. The lowest BCUT2D eigenvalue weighted by Gasteiger charge is -2.41.